The van der Waals surface area contributed by atoms with Crippen LogP contribution in [-0.4, -0.2) is 32.4 Å². The quantitative estimate of drug-likeness (QED) is 0.832. The minimum Gasteiger partial charge on any atom is -0.340 e. The van der Waals surface area contributed by atoms with Crippen LogP contribution in [0.4, 0.5) is 0 Å². The van der Waals surface area contributed by atoms with Crippen LogP contribution in [0, 0.1) is 6.92 Å². The fraction of sp³-hybridized carbons (Fsp3) is 0.529. The molecule has 0 radical (unpaired) electrons. The number of aryl methyl sites for hydroxylation is 1. The maximum Gasteiger partial charge on any atom is 0.242 e. The standard InChI is InChI=1S/C17H22N4O2S/c1-13-18-15(20-23-13)11-24-12-17(22)21-10-6-5-9-16(21)19-14-7-3-2-4-8-14/h5-6,9-10,14H,2-4,7-8,11-12H2,1H3. The van der Waals surface area contributed by atoms with Gasteiger partial charge < -0.3 is 4.52 Å². The van der Waals surface area contributed by atoms with E-state index in [0.717, 1.165) is 18.3 Å². The molecule has 1 saturated carbocycles. The summed E-state index contributed by atoms with van der Waals surface area (Å²) in [4.78, 5) is 21.5. The van der Waals surface area contributed by atoms with Crippen molar-refractivity contribution < 1.29 is 9.32 Å². The van der Waals surface area contributed by atoms with Crippen molar-refractivity contribution in [2.75, 3.05) is 5.75 Å². The van der Waals surface area contributed by atoms with Gasteiger partial charge in [-0.05, 0) is 25.0 Å². The maximum atomic E-state index is 12.5. The van der Waals surface area contributed by atoms with Crippen LogP contribution < -0.4 is 5.49 Å². The van der Waals surface area contributed by atoms with Crippen LogP contribution in [0.15, 0.2) is 33.9 Å². The molecule has 0 spiro atoms. The summed E-state index contributed by atoms with van der Waals surface area (Å²) in [6, 6.07) is 6.06. The second kappa shape index (κ2) is 8.28. The van der Waals surface area contributed by atoms with Crippen molar-refractivity contribution in [3.8, 4) is 0 Å². The van der Waals surface area contributed by atoms with E-state index in [0.29, 0.717) is 29.3 Å². The number of nitrogens with zero attached hydrogens (tertiary/aromatic N) is 4. The Kier molecular flexibility index (Phi) is 5.85. The van der Waals surface area contributed by atoms with Gasteiger partial charge in [0.1, 0.15) is 5.49 Å². The number of thioether (sulfide) groups is 1. The second-order valence-corrected chi connectivity index (χ2v) is 6.95. The first kappa shape index (κ1) is 17.0. The molecule has 1 fully saturated rings. The van der Waals surface area contributed by atoms with E-state index in [-0.39, 0.29) is 5.91 Å². The van der Waals surface area contributed by atoms with Crippen LogP contribution in [0.3, 0.4) is 0 Å². The van der Waals surface area contributed by atoms with Gasteiger partial charge in [-0.2, -0.15) is 4.98 Å². The van der Waals surface area contributed by atoms with Gasteiger partial charge in [-0.1, -0.05) is 30.5 Å². The highest BCUT2D eigenvalue weighted by molar-refractivity contribution is 7.99. The molecule has 0 unspecified atom stereocenters. The molecule has 2 aromatic heterocycles. The van der Waals surface area contributed by atoms with Crippen molar-refractivity contribution in [3.63, 3.8) is 0 Å². The molecular weight excluding hydrogens is 324 g/mol. The van der Waals surface area contributed by atoms with E-state index in [2.05, 4.69) is 10.1 Å². The first-order chi connectivity index (χ1) is 11.7. The Bertz CT molecular complexity index is 747. The van der Waals surface area contributed by atoms with Crippen molar-refractivity contribution in [3.05, 3.63) is 41.6 Å². The molecule has 2 aromatic rings. The highest BCUT2D eigenvalue weighted by Crippen LogP contribution is 2.19. The second-order valence-electron chi connectivity index (χ2n) is 5.97. The van der Waals surface area contributed by atoms with E-state index < -0.39 is 0 Å². The van der Waals surface area contributed by atoms with Gasteiger partial charge >= 0.3 is 0 Å². The van der Waals surface area contributed by atoms with Gasteiger partial charge in [0.05, 0.1) is 17.5 Å². The van der Waals surface area contributed by atoms with Gasteiger partial charge in [-0.25, -0.2) is 0 Å². The SMILES string of the molecule is Cc1nc(CSCC(=O)n2ccccc2=NC2CCCCC2)no1. The lowest BCUT2D eigenvalue weighted by molar-refractivity contribution is 0.0936. The number of carbonyl (C=O) groups excluding carboxylic acids is 1. The Hall–Kier alpha value is -1.89. The maximum absolute atomic E-state index is 12.5. The van der Waals surface area contributed by atoms with Gasteiger partial charge in [0.15, 0.2) is 5.82 Å². The molecule has 1 aliphatic rings. The first-order valence-electron chi connectivity index (χ1n) is 8.34. The Balaban J connectivity index is 1.64. The Morgan fingerprint density at radius 1 is 1.38 bits per heavy atom. The third kappa shape index (κ3) is 4.56. The highest BCUT2D eigenvalue weighted by atomic mass is 32.2. The lowest BCUT2D eigenvalue weighted by Gasteiger charge is -2.17. The molecule has 0 amide bonds. The summed E-state index contributed by atoms with van der Waals surface area (Å²) in [6.45, 7) is 1.76. The Labute approximate surface area is 145 Å². The minimum absolute atomic E-state index is 0.0235. The molecule has 24 heavy (non-hydrogen) atoms. The van der Waals surface area contributed by atoms with Gasteiger partial charge in [0, 0.05) is 13.1 Å². The number of rotatable bonds is 5. The normalized spacial score (nSPS) is 16.5. The zero-order valence-electron chi connectivity index (χ0n) is 13.9. The van der Waals surface area contributed by atoms with Crippen LogP contribution >= 0.6 is 11.8 Å². The summed E-state index contributed by atoms with van der Waals surface area (Å²) in [6.07, 6.45) is 7.79. The fourth-order valence-electron chi connectivity index (χ4n) is 2.85. The van der Waals surface area contributed by atoms with Crippen LogP contribution in [-0.2, 0) is 5.75 Å². The van der Waals surface area contributed by atoms with Crippen molar-refractivity contribution in [2.45, 2.75) is 50.8 Å². The predicted molar refractivity (Wildman–Crippen MR) is 92.7 cm³/mol. The molecular formula is C17H22N4O2S. The summed E-state index contributed by atoms with van der Waals surface area (Å²) in [5.41, 5.74) is 0.755. The lowest BCUT2D eigenvalue weighted by Crippen LogP contribution is -2.29. The monoisotopic (exact) mass is 346 g/mol. The van der Waals surface area contributed by atoms with Crippen LogP contribution in [0.2, 0.25) is 0 Å². The summed E-state index contributed by atoms with van der Waals surface area (Å²) < 4.78 is 6.59. The third-order valence-corrected chi connectivity index (χ3v) is 4.94. The van der Waals surface area contributed by atoms with Gasteiger partial charge in [-0.3, -0.25) is 14.4 Å². The minimum atomic E-state index is 0.0235. The number of hydrogen-bond acceptors (Lipinski definition) is 6. The van der Waals surface area contributed by atoms with E-state index in [9.17, 15) is 4.79 Å². The smallest absolute Gasteiger partial charge is 0.242 e. The average molecular weight is 346 g/mol. The molecule has 0 saturated heterocycles. The molecule has 0 N–H and O–H groups in total. The molecule has 2 heterocycles. The van der Waals surface area contributed by atoms with Crippen LogP contribution in [0.5, 0.6) is 0 Å². The summed E-state index contributed by atoms with van der Waals surface area (Å²) in [5, 5.41) is 3.84. The molecule has 128 valence electrons. The van der Waals surface area contributed by atoms with E-state index in [1.807, 2.05) is 18.2 Å². The predicted octanol–water partition coefficient (Wildman–Crippen LogP) is 2.99. The number of pyridine rings is 1. The van der Waals surface area contributed by atoms with Gasteiger partial charge in [-0.15, -0.1) is 11.8 Å². The number of carbonyl (C=O) groups is 1. The van der Waals surface area contributed by atoms with Gasteiger partial charge in [0.25, 0.3) is 0 Å². The molecule has 3 rings (SSSR count). The van der Waals surface area contributed by atoms with Crippen LogP contribution in [0.1, 0.15) is 48.6 Å². The molecule has 7 heteroatoms. The fourth-order valence-corrected chi connectivity index (χ4v) is 3.56. The Morgan fingerprint density at radius 2 is 2.21 bits per heavy atom. The molecule has 0 bridgehead atoms. The molecule has 6 nitrogen and oxygen atoms in total. The van der Waals surface area contributed by atoms with Gasteiger partial charge in [0.2, 0.25) is 11.8 Å². The van der Waals surface area contributed by atoms with E-state index >= 15 is 0 Å². The van der Waals surface area contributed by atoms with Crippen LogP contribution in [0.25, 0.3) is 0 Å². The highest BCUT2D eigenvalue weighted by Gasteiger charge is 2.13. The zero-order chi connectivity index (χ0) is 16.8. The summed E-state index contributed by atoms with van der Waals surface area (Å²) in [7, 11) is 0. The molecule has 0 atom stereocenters. The van der Waals surface area contributed by atoms with Crippen molar-refractivity contribution in [1.82, 2.24) is 14.7 Å². The zero-order valence-corrected chi connectivity index (χ0v) is 14.7. The lowest BCUT2D eigenvalue weighted by atomic mass is 9.96. The molecule has 0 aromatic carbocycles. The van der Waals surface area contributed by atoms with Crippen molar-refractivity contribution in [1.29, 1.82) is 0 Å². The van der Waals surface area contributed by atoms with E-state index in [4.69, 9.17) is 9.52 Å². The first-order valence-corrected chi connectivity index (χ1v) is 9.49. The summed E-state index contributed by atoms with van der Waals surface area (Å²) >= 11 is 1.48. The third-order valence-electron chi connectivity index (χ3n) is 4.02. The average Bonchev–Trinajstić information content (AvgIpc) is 3.01. The van der Waals surface area contributed by atoms with Crippen molar-refractivity contribution >= 4 is 17.7 Å². The Morgan fingerprint density at radius 3 is 2.96 bits per heavy atom. The van der Waals surface area contributed by atoms with E-state index in [1.54, 1.807) is 17.7 Å². The van der Waals surface area contributed by atoms with E-state index in [1.165, 1.54) is 31.0 Å². The number of aromatic nitrogens is 3. The topological polar surface area (TPSA) is 73.3 Å². The number of hydrogen-bond donors (Lipinski definition) is 0. The molecule has 0 aliphatic heterocycles. The molecule has 1 aliphatic carbocycles. The van der Waals surface area contributed by atoms with Crippen molar-refractivity contribution in [2.24, 2.45) is 4.99 Å². The summed E-state index contributed by atoms with van der Waals surface area (Å²) in [5.74, 6) is 2.11. The largest absolute Gasteiger partial charge is 0.340 e.